The minimum Gasteiger partial charge on any atom is -0.494 e. The van der Waals surface area contributed by atoms with E-state index in [9.17, 15) is 4.79 Å². The number of hydrogen-bond donors (Lipinski definition) is 0. The molecule has 0 bridgehead atoms. The molecule has 2 rings (SSSR count). The molecular weight excluding hydrogens is 216 g/mol. The second-order valence-corrected chi connectivity index (χ2v) is 4.73. The number of esters is 1. The molecule has 0 spiro atoms. The highest BCUT2D eigenvalue weighted by molar-refractivity contribution is 5.78. The van der Waals surface area contributed by atoms with Crippen LogP contribution in [0.15, 0.2) is 35.6 Å². The van der Waals surface area contributed by atoms with Gasteiger partial charge in [0.2, 0.25) is 0 Å². The molecule has 3 heteroatoms. The van der Waals surface area contributed by atoms with Crippen molar-refractivity contribution in [1.29, 1.82) is 0 Å². The van der Waals surface area contributed by atoms with E-state index in [2.05, 4.69) is 0 Å². The lowest BCUT2D eigenvalue weighted by molar-refractivity contribution is -0.155. The first-order valence-corrected chi connectivity index (χ1v) is 6.00. The van der Waals surface area contributed by atoms with Crippen LogP contribution in [0.1, 0.15) is 27.2 Å². The molecule has 92 valence electrons. The summed E-state index contributed by atoms with van der Waals surface area (Å²) in [7, 11) is 0. The second kappa shape index (κ2) is 4.78. The van der Waals surface area contributed by atoms with Crippen molar-refractivity contribution in [3.05, 3.63) is 35.6 Å². The fraction of sp³-hybridized carbons (Fsp3) is 0.500. The van der Waals surface area contributed by atoms with Crippen LogP contribution in [0.4, 0.5) is 0 Å². The average Bonchev–Trinajstić information content (AvgIpc) is 2.37. The van der Waals surface area contributed by atoms with Gasteiger partial charge in [-0.15, -0.1) is 0 Å². The zero-order valence-electron chi connectivity index (χ0n) is 10.5. The Morgan fingerprint density at radius 3 is 2.71 bits per heavy atom. The van der Waals surface area contributed by atoms with Gasteiger partial charge in [-0.25, -0.2) is 0 Å². The van der Waals surface area contributed by atoms with Gasteiger partial charge >= 0.3 is 5.97 Å². The van der Waals surface area contributed by atoms with Crippen LogP contribution in [0.2, 0.25) is 0 Å². The van der Waals surface area contributed by atoms with Crippen molar-refractivity contribution in [2.45, 2.75) is 39.4 Å². The van der Waals surface area contributed by atoms with E-state index in [-0.39, 0.29) is 18.2 Å². The molecule has 1 heterocycles. The first-order valence-electron chi connectivity index (χ1n) is 6.00. The maximum Gasteiger partial charge on any atom is 0.320 e. The van der Waals surface area contributed by atoms with E-state index >= 15 is 0 Å². The Morgan fingerprint density at radius 1 is 1.24 bits per heavy atom. The summed E-state index contributed by atoms with van der Waals surface area (Å²) in [6.45, 7) is 5.89. The van der Waals surface area contributed by atoms with Gasteiger partial charge in [-0.05, 0) is 32.4 Å². The molecule has 0 radical (unpaired) electrons. The van der Waals surface area contributed by atoms with E-state index in [0.717, 1.165) is 12.0 Å². The molecule has 0 aromatic rings. The maximum absolute atomic E-state index is 12.0. The third-order valence-electron chi connectivity index (χ3n) is 2.91. The molecule has 1 fully saturated rings. The highest BCUT2D eigenvalue weighted by Crippen LogP contribution is 2.27. The Labute approximate surface area is 102 Å². The minimum absolute atomic E-state index is 0.0612. The fourth-order valence-electron chi connectivity index (χ4n) is 2.15. The molecule has 1 aliphatic carbocycles. The minimum atomic E-state index is -0.408. The lowest BCUT2D eigenvalue weighted by Crippen LogP contribution is -2.31. The van der Waals surface area contributed by atoms with E-state index in [4.69, 9.17) is 9.47 Å². The molecule has 3 nitrogen and oxygen atoms in total. The summed E-state index contributed by atoms with van der Waals surface area (Å²) < 4.78 is 11.2. The topological polar surface area (TPSA) is 35.5 Å². The fourth-order valence-corrected chi connectivity index (χ4v) is 2.15. The third kappa shape index (κ3) is 2.78. The van der Waals surface area contributed by atoms with Crippen molar-refractivity contribution in [1.82, 2.24) is 0 Å². The van der Waals surface area contributed by atoms with Gasteiger partial charge in [-0.1, -0.05) is 18.2 Å². The summed E-state index contributed by atoms with van der Waals surface area (Å²) in [5, 5.41) is 0. The van der Waals surface area contributed by atoms with Crippen LogP contribution in [-0.4, -0.2) is 18.2 Å². The molecule has 0 aromatic carbocycles. The van der Waals surface area contributed by atoms with Crippen LogP contribution in [0.25, 0.3) is 0 Å². The Bertz CT molecular complexity index is 404. The summed E-state index contributed by atoms with van der Waals surface area (Å²) in [5.74, 6) is 0.0563. The third-order valence-corrected chi connectivity index (χ3v) is 2.91. The molecular formula is C14H18O3. The number of carbonyl (C=O) groups excluding carboxylic acids is 1. The van der Waals surface area contributed by atoms with Gasteiger partial charge in [0.15, 0.2) is 0 Å². The molecule has 17 heavy (non-hydrogen) atoms. The quantitative estimate of drug-likeness (QED) is 0.604. The maximum atomic E-state index is 12.0. The normalized spacial score (nSPS) is 33.1. The zero-order valence-corrected chi connectivity index (χ0v) is 10.5. The van der Waals surface area contributed by atoms with Crippen molar-refractivity contribution in [2.75, 3.05) is 0 Å². The van der Waals surface area contributed by atoms with E-state index < -0.39 is 5.92 Å². The summed E-state index contributed by atoms with van der Waals surface area (Å²) in [4.78, 5) is 12.0. The number of allylic oxidation sites excluding steroid dienone is 4. The van der Waals surface area contributed by atoms with E-state index in [0.29, 0.717) is 5.76 Å². The lowest BCUT2D eigenvalue weighted by atomic mass is 10.0. The summed E-state index contributed by atoms with van der Waals surface area (Å²) >= 11 is 0. The molecule has 3 atom stereocenters. The monoisotopic (exact) mass is 234 g/mol. The number of hydrogen-bond acceptors (Lipinski definition) is 3. The largest absolute Gasteiger partial charge is 0.494 e. The zero-order chi connectivity index (χ0) is 12.4. The molecule has 0 amide bonds. The van der Waals surface area contributed by atoms with Crippen molar-refractivity contribution in [3.8, 4) is 0 Å². The van der Waals surface area contributed by atoms with Crippen LogP contribution >= 0.6 is 0 Å². The van der Waals surface area contributed by atoms with Gasteiger partial charge in [-0.2, -0.15) is 0 Å². The van der Waals surface area contributed by atoms with Gasteiger partial charge in [0.1, 0.15) is 17.8 Å². The van der Waals surface area contributed by atoms with E-state index in [1.165, 1.54) is 0 Å². The average molecular weight is 234 g/mol. The van der Waals surface area contributed by atoms with E-state index in [1.54, 1.807) is 0 Å². The number of ether oxygens (including phenoxy) is 2. The highest BCUT2D eigenvalue weighted by Gasteiger charge is 2.30. The molecule has 0 N–H and O–H groups in total. The Morgan fingerprint density at radius 2 is 1.94 bits per heavy atom. The molecule has 1 saturated heterocycles. The van der Waals surface area contributed by atoms with Gasteiger partial charge in [0.05, 0.1) is 6.10 Å². The number of rotatable bonds is 0. The Balaban J connectivity index is 2.31. The first kappa shape index (κ1) is 12.0. The smallest absolute Gasteiger partial charge is 0.320 e. The predicted molar refractivity (Wildman–Crippen MR) is 65.2 cm³/mol. The lowest BCUT2D eigenvalue weighted by Gasteiger charge is -2.28. The molecule has 3 unspecified atom stereocenters. The second-order valence-electron chi connectivity index (χ2n) is 4.73. The van der Waals surface area contributed by atoms with Crippen molar-refractivity contribution < 1.29 is 14.3 Å². The van der Waals surface area contributed by atoms with Gasteiger partial charge in [0.25, 0.3) is 0 Å². The molecule has 0 aromatic heterocycles. The standard InChI is InChI=1S/C14H18O3/c1-9-5-4-6-12-13(7-9)16-10(2)8-11(3)17-14(12)15/h4-7,10-12H,8H2,1-3H3. The molecule has 2 aliphatic rings. The van der Waals surface area contributed by atoms with Gasteiger partial charge in [0, 0.05) is 6.42 Å². The highest BCUT2D eigenvalue weighted by atomic mass is 16.6. The Kier molecular flexibility index (Phi) is 3.36. The van der Waals surface area contributed by atoms with Crippen LogP contribution in [0.5, 0.6) is 0 Å². The summed E-state index contributed by atoms with van der Waals surface area (Å²) in [5.41, 5.74) is 1.08. The van der Waals surface area contributed by atoms with Crippen LogP contribution in [-0.2, 0) is 14.3 Å². The van der Waals surface area contributed by atoms with Crippen molar-refractivity contribution >= 4 is 5.97 Å². The number of fused-ring (bicyclic) bond motifs is 1. The SMILES string of the molecule is CC1=CC=CC2C(=O)OC(C)CC(C)OC2=C1. The number of carbonyl (C=O) groups is 1. The van der Waals surface area contributed by atoms with Gasteiger partial charge < -0.3 is 9.47 Å². The number of cyclic esters (lactones) is 1. The summed E-state index contributed by atoms with van der Waals surface area (Å²) in [6.07, 6.45) is 8.28. The van der Waals surface area contributed by atoms with Crippen LogP contribution in [0.3, 0.4) is 0 Å². The summed E-state index contributed by atoms with van der Waals surface area (Å²) in [6, 6.07) is 0. The van der Waals surface area contributed by atoms with Crippen LogP contribution in [0, 0.1) is 5.92 Å². The van der Waals surface area contributed by atoms with Crippen molar-refractivity contribution in [3.63, 3.8) is 0 Å². The van der Waals surface area contributed by atoms with E-state index in [1.807, 2.05) is 45.1 Å². The Hall–Kier alpha value is -1.51. The first-order chi connectivity index (χ1) is 8.06. The predicted octanol–water partition coefficient (Wildman–Crippen LogP) is 2.74. The molecule has 1 aliphatic heterocycles. The van der Waals surface area contributed by atoms with Crippen molar-refractivity contribution in [2.24, 2.45) is 5.92 Å². The van der Waals surface area contributed by atoms with Crippen LogP contribution < -0.4 is 0 Å². The molecule has 0 saturated carbocycles. The van der Waals surface area contributed by atoms with Gasteiger partial charge in [-0.3, -0.25) is 4.79 Å².